The molecule has 0 aromatic rings. The third-order valence-electron chi connectivity index (χ3n) is 2.55. The Morgan fingerprint density at radius 2 is 1.75 bits per heavy atom. The lowest BCUT2D eigenvalue weighted by molar-refractivity contribution is -0.0542. The van der Waals surface area contributed by atoms with Gasteiger partial charge in [-0.2, -0.15) is 0 Å². The summed E-state index contributed by atoms with van der Waals surface area (Å²) in [5.41, 5.74) is 0. The smallest absolute Gasteiger partial charge is 0.0833 e. The molecule has 16 heavy (non-hydrogen) atoms. The summed E-state index contributed by atoms with van der Waals surface area (Å²) in [7, 11) is 0. The molecular formula is C13H30O3. The van der Waals surface area contributed by atoms with Crippen LogP contribution < -0.4 is 0 Å². The molecule has 1 saturated carbocycles. The van der Waals surface area contributed by atoms with Gasteiger partial charge < -0.3 is 14.6 Å². The topological polar surface area (TPSA) is 42.0 Å². The normalized spacial score (nSPS) is 31.3. The number of ether oxygens (including phenoxy) is 2. The molecule has 1 N–H and O–H groups in total. The first-order valence-electron chi connectivity index (χ1n) is 5.65. The Morgan fingerprint density at radius 1 is 1.25 bits per heavy atom. The monoisotopic (exact) mass is 234 g/mol. The van der Waals surface area contributed by atoms with Crippen LogP contribution in [0.2, 0.25) is 0 Å². The van der Waals surface area contributed by atoms with Crippen molar-refractivity contribution < 1.29 is 14.6 Å². The second-order valence-corrected chi connectivity index (χ2v) is 3.99. The van der Waals surface area contributed by atoms with Crippen molar-refractivity contribution in [3.8, 4) is 0 Å². The standard InChI is InChI=1S/C8H16O2.C3H6O.2CH4/c1-2-10-8-6-4-3-5-7(8)9;1-3-2-4-3;;/h7-9H,2-6H2,1H3;3H,2H2,1H3;2*1H4. The molecule has 1 heterocycles. The van der Waals surface area contributed by atoms with Gasteiger partial charge in [-0.05, 0) is 26.7 Å². The summed E-state index contributed by atoms with van der Waals surface area (Å²) < 4.78 is 10.1. The number of epoxide rings is 1. The first-order chi connectivity index (χ1) is 6.74. The largest absolute Gasteiger partial charge is 0.390 e. The van der Waals surface area contributed by atoms with E-state index in [1.54, 1.807) is 0 Å². The molecule has 1 aliphatic carbocycles. The van der Waals surface area contributed by atoms with Crippen molar-refractivity contribution in [1.82, 2.24) is 0 Å². The summed E-state index contributed by atoms with van der Waals surface area (Å²) in [6.45, 7) is 5.74. The highest BCUT2D eigenvalue weighted by molar-refractivity contribution is 4.74. The van der Waals surface area contributed by atoms with Gasteiger partial charge in [0.2, 0.25) is 0 Å². The molecule has 2 fully saturated rings. The molecule has 0 bridgehead atoms. The van der Waals surface area contributed by atoms with Gasteiger partial charge in [-0.3, -0.25) is 0 Å². The molecule has 3 nitrogen and oxygen atoms in total. The molecule has 0 aromatic heterocycles. The summed E-state index contributed by atoms with van der Waals surface area (Å²) in [6, 6.07) is 0. The van der Waals surface area contributed by atoms with Gasteiger partial charge in [-0.15, -0.1) is 0 Å². The van der Waals surface area contributed by atoms with Gasteiger partial charge in [0.15, 0.2) is 0 Å². The van der Waals surface area contributed by atoms with E-state index in [-0.39, 0.29) is 27.1 Å². The fourth-order valence-corrected chi connectivity index (χ4v) is 1.58. The maximum atomic E-state index is 9.38. The third kappa shape index (κ3) is 8.08. The Balaban J connectivity index is 0. The van der Waals surface area contributed by atoms with Crippen LogP contribution in [0, 0.1) is 0 Å². The fourth-order valence-electron chi connectivity index (χ4n) is 1.58. The van der Waals surface area contributed by atoms with Gasteiger partial charge in [0.25, 0.3) is 0 Å². The Bertz CT molecular complexity index is 144. The molecule has 2 aliphatic rings. The number of aliphatic hydroxyl groups excluding tert-OH is 1. The van der Waals surface area contributed by atoms with Crippen LogP contribution >= 0.6 is 0 Å². The lowest BCUT2D eigenvalue weighted by Crippen LogP contribution is -2.32. The van der Waals surface area contributed by atoms with Crippen LogP contribution in [0.5, 0.6) is 0 Å². The summed E-state index contributed by atoms with van der Waals surface area (Å²) in [5.74, 6) is 0. The van der Waals surface area contributed by atoms with Crippen molar-refractivity contribution in [2.45, 2.75) is 72.7 Å². The Kier molecular flexibility index (Phi) is 11.5. The lowest BCUT2D eigenvalue weighted by atomic mass is 9.95. The maximum absolute atomic E-state index is 9.38. The third-order valence-corrected chi connectivity index (χ3v) is 2.55. The maximum Gasteiger partial charge on any atom is 0.0833 e. The molecule has 3 heteroatoms. The van der Waals surface area contributed by atoms with E-state index in [9.17, 15) is 5.11 Å². The predicted octanol–water partition coefficient (Wildman–Crippen LogP) is 3.00. The van der Waals surface area contributed by atoms with Crippen molar-refractivity contribution in [2.75, 3.05) is 13.2 Å². The highest BCUT2D eigenvalue weighted by Crippen LogP contribution is 2.20. The van der Waals surface area contributed by atoms with Crippen molar-refractivity contribution in [3.63, 3.8) is 0 Å². The van der Waals surface area contributed by atoms with Gasteiger partial charge in [0.05, 0.1) is 24.9 Å². The molecule has 0 spiro atoms. The SMILES string of the molecule is C.C.CC1CO1.CCOC1CCCCC1O. The second kappa shape index (κ2) is 10.1. The van der Waals surface area contributed by atoms with E-state index < -0.39 is 0 Å². The van der Waals surface area contributed by atoms with Crippen molar-refractivity contribution >= 4 is 0 Å². The van der Waals surface area contributed by atoms with E-state index in [0.29, 0.717) is 6.10 Å². The molecule has 3 atom stereocenters. The first kappa shape index (κ1) is 18.3. The second-order valence-electron chi connectivity index (χ2n) is 3.99. The number of aliphatic hydroxyl groups is 1. The molecule has 1 saturated heterocycles. The molecule has 1 aliphatic heterocycles. The van der Waals surface area contributed by atoms with Gasteiger partial charge in [0, 0.05) is 6.61 Å². The van der Waals surface area contributed by atoms with Gasteiger partial charge in [0.1, 0.15) is 0 Å². The van der Waals surface area contributed by atoms with E-state index in [1.165, 1.54) is 6.42 Å². The van der Waals surface area contributed by atoms with Crippen LogP contribution in [-0.4, -0.2) is 36.6 Å². The highest BCUT2D eigenvalue weighted by Gasteiger charge is 2.22. The Morgan fingerprint density at radius 3 is 2.12 bits per heavy atom. The number of rotatable bonds is 2. The Labute approximate surface area is 101 Å². The summed E-state index contributed by atoms with van der Waals surface area (Å²) >= 11 is 0. The molecule has 0 radical (unpaired) electrons. The van der Waals surface area contributed by atoms with Gasteiger partial charge >= 0.3 is 0 Å². The lowest BCUT2D eigenvalue weighted by Gasteiger charge is -2.26. The van der Waals surface area contributed by atoms with Crippen LogP contribution in [0.15, 0.2) is 0 Å². The van der Waals surface area contributed by atoms with Gasteiger partial charge in [-0.25, -0.2) is 0 Å². The molecular weight excluding hydrogens is 204 g/mol. The molecule has 0 amide bonds. The van der Waals surface area contributed by atoms with E-state index in [2.05, 4.69) is 6.92 Å². The average molecular weight is 234 g/mol. The van der Waals surface area contributed by atoms with Crippen molar-refractivity contribution in [3.05, 3.63) is 0 Å². The van der Waals surface area contributed by atoms with E-state index in [1.807, 2.05) is 6.92 Å². The Hall–Kier alpha value is -0.120. The highest BCUT2D eigenvalue weighted by atomic mass is 16.6. The first-order valence-corrected chi connectivity index (χ1v) is 5.65. The molecule has 100 valence electrons. The van der Waals surface area contributed by atoms with Crippen LogP contribution in [-0.2, 0) is 9.47 Å². The minimum atomic E-state index is -0.200. The summed E-state index contributed by atoms with van der Waals surface area (Å²) in [6.07, 6.45) is 4.83. The zero-order valence-electron chi connectivity index (χ0n) is 9.24. The summed E-state index contributed by atoms with van der Waals surface area (Å²) in [5, 5.41) is 9.38. The zero-order valence-corrected chi connectivity index (χ0v) is 9.24. The van der Waals surface area contributed by atoms with Crippen LogP contribution in [0.1, 0.15) is 54.4 Å². The number of hydrogen-bond donors (Lipinski definition) is 1. The van der Waals surface area contributed by atoms with Crippen LogP contribution in [0.3, 0.4) is 0 Å². The minimum Gasteiger partial charge on any atom is -0.390 e. The fraction of sp³-hybridized carbons (Fsp3) is 1.00. The van der Waals surface area contributed by atoms with Gasteiger partial charge in [-0.1, -0.05) is 27.7 Å². The van der Waals surface area contributed by atoms with E-state index in [0.717, 1.165) is 32.5 Å². The van der Waals surface area contributed by atoms with E-state index >= 15 is 0 Å². The minimum absolute atomic E-state index is 0. The zero-order chi connectivity index (χ0) is 10.4. The number of hydrogen-bond acceptors (Lipinski definition) is 3. The van der Waals surface area contributed by atoms with Crippen molar-refractivity contribution in [1.29, 1.82) is 0 Å². The summed E-state index contributed by atoms with van der Waals surface area (Å²) in [4.78, 5) is 0. The molecule has 2 rings (SSSR count). The van der Waals surface area contributed by atoms with Crippen LogP contribution in [0.25, 0.3) is 0 Å². The predicted molar refractivity (Wildman–Crippen MR) is 68.8 cm³/mol. The van der Waals surface area contributed by atoms with Crippen molar-refractivity contribution in [2.24, 2.45) is 0 Å². The molecule has 3 unspecified atom stereocenters. The average Bonchev–Trinajstić information content (AvgIpc) is 2.94. The molecule has 0 aromatic carbocycles. The van der Waals surface area contributed by atoms with Crippen LogP contribution in [0.4, 0.5) is 0 Å². The van der Waals surface area contributed by atoms with E-state index in [4.69, 9.17) is 9.47 Å². The quantitative estimate of drug-likeness (QED) is 0.747.